The zero-order chi connectivity index (χ0) is 12.3. The van der Waals surface area contributed by atoms with Crippen LogP contribution in [0.5, 0.6) is 5.75 Å². The fourth-order valence-electron chi connectivity index (χ4n) is 1.86. The highest BCUT2D eigenvalue weighted by atomic mass is 35.5. The van der Waals surface area contributed by atoms with Gasteiger partial charge in [0.2, 0.25) is 0 Å². The Morgan fingerprint density at radius 2 is 2.29 bits per heavy atom. The summed E-state index contributed by atoms with van der Waals surface area (Å²) < 4.78 is 11.0. The molecule has 0 aliphatic carbocycles. The third-order valence-electron chi connectivity index (χ3n) is 2.64. The Hall–Kier alpha value is -0.770. The molecule has 0 radical (unpaired) electrons. The third-order valence-corrected chi connectivity index (χ3v) is 2.94. The minimum Gasteiger partial charge on any atom is -0.489 e. The van der Waals surface area contributed by atoms with Gasteiger partial charge in [-0.2, -0.15) is 0 Å². The van der Waals surface area contributed by atoms with Crippen LogP contribution in [-0.4, -0.2) is 25.9 Å². The number of halogens is 1. The topological polar surface area (TPSA) is 30.5 Å². The predicted octanol–water partition coefficient (Wildman–Crippen LogP) is 2.79. The first kappa shape index (κ1) is 12.7. The fraction of sp³-hybridized carbons (Fsp3) is 0.538. The highest BCUT2D eigenvalue weighted by Gasteiger charge is 2.16. The Bertz CT molecular complexity index is 376. The molecule has 1 fully saturated rings. The lowest BCUT2D eigenvalue weighted by molar-refractivity contribution is 0.0768. The predicted molar refractivity (Wildman–Crippen MR) is 68.8 cm³/mol. The van der Waals surface area contributed by atoms with Crippen LogP contribution in [-0.2, 0) is 4.74 Å². The lowest BCUT2D eigenvalue weighted by Crippen LogP contribution is -2.34. The second-order valence-corrected chi connectivity index (χ2v) is 4.85. The van der Waals surface area contributed by atoms with Gasteiger partial charge in [-0.05, 0) is 31.5 Å². The molecule has 1 N–H and O–H groups in total. The first-order valence-corrected chi connectivity index (χ1v) is 6.32. The van der Waals surface area contributed by atoms with E-state index < -0.39 is 0 Å². The summed E-state index contributed by atoms with van der Waals surface area (Å²) in [5, 5.41) is 4.05. The molecule has 2 rings (SSSR count). The third kappa shape index (κ3) is 3.35. The van der Waals surface area contributed by atoms with Crippen LogP contribution in [0.1, 0.15) is 25.5 Å². The van der Waals surface area contributed by atoms with E-state index in [4.69, 9.17) is 21.1 Å². The maximum absolute atomic E-state index is 6.20. The summed E-state index contributed by atoms with van der Waals surface area (Å²) in [6.45, 7) is 6.33. The first-order valence-electron chi connectivity index (χ1n) is 5.94. The molecule has 17 heavy (non-hydrogen) atoms. The summed E-state index contributed by atoms with van der Waals surface area (Å²) in [6, 6.07) is 6.14. The lowest BCUT2D eigenvalue weighted by atomic mass is 10.1. The Kier molecular flexibility index (Phi) is 4.26. The van der Waals surface area contributed by atoms with Crippen LogP contribution in [0.15, 0.2) is 18.2 Å². The van der Waals surface area contributed by atoms with Gasteiger partial charge >= 0.3 is 0 Å². The summed E-state index contributed by atoms with van der Waals surface area (Å²) in [4.78, 5) is 0. The summed E-state index contributed by atoms with van der Waals surface area (Å²) >= 11 is 6.20. The van der Waals surface area contributed by atoms with Crippen LogP contribution >= 0.6 is 11.6 Å². The number of hydrogen-bond acceptors (Lipinski definition) is 3. The van der Waals surface area contributed by atoms with Gasteiger partial charge in [-0.1, -0.05) is 17.7 Å². The average Bonchev–Trinajstić information content (AvgIpc) is 2.32. The molecule has 1 aliphatic rings. The van der Waals surface area contributed by atoms with E-state index in [2.05, 4.69) is 5.32 Å². The molecule has 3 nitrogen and oxygen atoms in total. The number of rotatable bonds is 3. The molecule has 4 heteroatoms. The van der Waals surface area contributed by atoms with Crippen molar-refractivity contribution in [3.8, 4) is 5.75 Å². The molecule has 1 saturated heterocycles. The van der Waals surface area contributed by atoms with E-state index in [9.17, 15) is 0 Å². The van der Waals surface area contributed by atoms with E-state index in [0.717, 1.165) is 24.5 Å². The number of benzene rings is 1. The lowest BCUT2D eigenvalue weighted by Gasteiger charge is -2.24. The maximum atomic E-state index is 6.20. The Morgan fingerprint density at radius 3 is 2.88 bits per heavy atom. The van der Waals surface area contributed by atoms with Crippen LogP contribution < -0.4 is 10.1 Å². The normalized spacial score (nSPS) is 20.6. The Labute approximate surface area is 107 Å². The van der Waals surface area contributed by atoms with Crippen LogP contribution in [0.4, 0.5) is 0 Å². The second-order valence-electron chi connectivity index (χ2n) is 4.44. The quantitative estimate of drug-likeness (QED) is 0.901. The van der Waals surface area contributed by atoms with Gasteiger partial charge < -0.3 is 14.8 Å². The van der Waals surface area contributed by atoms with E-state index in [1.54, 1.807) is 0 Å². The van der Waals surface area contributed by atoms with Crippen molar-refractivity contribution in [3.63, 3.8) is 0 Å². The number of nitrogens with one attached hydrogen (secondary N) is 1. The second kappa shape index (κ2) is 5.71. The van der Waals surface area contributed by atoms with Crippen LogP contribution in [0.25, 0.3) is 0 Å². The van der Waals surface area contributed by atoms with Gasteiger partial charge in [0.25, 0.3) is 0 Å². The molecule has 0 spiro atoms. The molecule has 0 aromatic heterocycles. The van der Waals surface area contributed by atoms with Gasteiger partial charge in [-0.25, -0.2) is 0 Å². The minimum atomic E-state index is 0.134. The smallest absolute Gasteiger partial charge is 0.138 e. The van der Waals surface area contributed by atoms with E-state index in [1.165, 1.54) is 0 Å². The SMILES string of the molecule is CC(C)Oc1ccc(C2COCCN2)cc1Cl. The number of hydrogen-bond donors (Lipinski definition) is 1. The molecular weight excluding hydrogens is 238 g/mol. The molecule has 1 heterocycles. The maximum Gasteiger partial charge on any atom is 0.138 e. The minimum absolute atomic E-state index is 0.134. The Morgan fingerprint density at radius 1 is 1.47 bits per heavy atom. The zero-order valence-corrected chi connectivity index (χ0v) is 11.0. The van der Waals surface area contributed by atoms with E-state index >= 15 is 0 Å². The summed E-state index contributed by atoms with van der Waals surface area (Å²) in [7, 11) is 0. The molecule has 0 bridgehead atoms. The van der Waals surface area contributed by atoms with E-state index in [-0.39, 0.29) is 12.1 Å². The van der Waals surface area contributed by atoms with Gasteiger partial charge in [0, 0.05) is 6.54 Å². The molecule has 0 saturated carbocycles. The van der Waals surface area contributed by atoms with Crippen molar-refractivity contribution in [1.29, 1.82) is 0 Å². The monoisotopic (exact) mass is 255 g/mol. The van der Waals surface area contributed by atoms with Gasteiger partial charge in [0.05, 0.1) is 30.4 Å². The largest absolute Gasteiger partial charge is 0.489 e. The highest BCUT2D eigenvalue weighted by Crippen LogP contribution is 2.29. The van der Waals surface area contributed by atoms with E-state index in [1.807, 2.05) is 32.0 Å². The molecule has 1 unspecified atom stereocenters. The van der Waals surface area contributed by atoms with Crippen molar-refractivity contribution in [3.05, 3.63) is 28.8 Å². The standard InChI is InChI=1S/C13H18ClNO2/c1-9(2)17-13-4-3-10(7-11(13)14)12-8-16-6-5-15-12/h3-4,7,9,12,15H,5-6,8H2,1-2H3. The van der Waals surface area contributed by atoms with Gasteiger partial charge in [0.1, 0.15) is 5.75 Å². The number of morpholine rings is 1. The first-order chi connectivity index (χ1) is 8.16. The van der Waals surface area contributed by atoms with Crippen molar-refractivity contribution in [2.75, 3.05) is 19.8 Å². The molecule has 0 amide bonds. The van der Waals surface area contributed by atoms with Crippen molar-refractivity contribution in [2.24, 2.45) is 0 Å². The highest BCUT2D eigenvalue weighted by molar-refractivity contribution is 6.32. The fourth-order valence-corrected chi connectivity index (χ4v) is 2.10. The zero-order valence-electron chi connectivity index (χ0n) is 10.2. The summed E-state index contributed by atoms with van der Waals surface area (Å²) in [5.74, 6) is 0.738. The van der Waals surface area contributed by atoms with Crippen LogP contribution in [0.3, 0.4) is 0 Å². The van der Waals surface area contributed by atoms with Crippen LogP contribution in [0.2, 0.25) is 5.02 Å². The van der Waals surface area contributed by atoms with Gasteiger partial charge in [0.15, 0.2) is 0 Å². The van der Waals surface area contributed by atoms with Crippen molar-refractivity contribution < 1.29 is 9.47 Å². The molecular formula is C13H18ClNO2. The molecule has 1 atom stereocenters. The summed E-state index contributed by atoms with van der Waals surface area (Å²) in [5.41, 5.74) is 1.14. The Balaban J connectivity index is 2.12. The van der Waals surface area contributed by atoms with Gasteiger partial charge in [-0.15, -0.1) is 0 Å². The summed E-state index contributed by atoms with van der Waals surface area (Å²) in [6.07, 6.45) is 0.134. The van der Waals surface area contributed by atoms with Crippen molar-refractivity contribution in [1.82, 2.24) is 5.32 Å². The van der Waals surface area contributed by atoms with Crippen molar-refractivity contribution in [2.45, 2.75) is 26.0 Å². The number of ether oxygens (including phenoxy) is 2. The van der Waals surface area contributed by atoms with Gasteiger partial charge in [-0.3, -0.25) is 0 Å². The molecule has 1 aliphatic heterocycles. The van der Waals surface area contributed by atoms with E-state index in [0.29, 0.717) is 11.6 Å². The molecule has 1 aromatic rings. The molecule has 1 aromatic carbocycles. The van der Waals surface area contributed by atoms with Crippen LogP contribution in [0, 0.1) is 0 Å². The average molecular weight is 256 g/mol. The van der Waals surface area contributed by atoms with Crippen molar-refractivity contribution >= 4 is 11.6 Å². The molecule has 94 valence electrons.